The molecule has 0 heterocycles. The quantitative estimate of drug-likeness (QED) is 0.119. The predicted octanol–water partition coefficient (Wildman–Crippen LogP) is -1.39. The first-order chi connectivity index (χ1) is 15.2. The number of carbonyl (C=O) groups excluding carboxylic acids is 3. The van der Waals surface area contributed by atoms with Gasteiger partial charge >= 0.3 is 18.0 Å². The summed E-state index contributed by atoms with van der Waals surface area (Å²) in [7, 11) is 1.95. The summed E-state index contributed by atoms with van der Waals surface area (Å²) in [4.78, 5) is 36.6. The van der Waals surface area contributed by atoms with Gasteiger partial charge in [-0.25, -0.2) is 4.79 Å². The minimum Gasteiger partial charge on any atom is -0.463 e. The van der Waals surface area contributed by atoms with E-state index in [0.717, 1.165) is 19.5 Å². The lowest BCUT2D eigenvalue weighted by molar-refractivity contribution is -0.154. The number of nitrogens with one attached hydrogen (secondary N) is 2. The van der Waals surface area contributed by atoms with Gasteiger partial charge in [-0.3, -0.25) is 9.59 Å². The van der Waals surface area contributed by atoms with Gasteiger partial charge in [0.25, 0.3) is 0 Å². The summed E-state index contributed by atoms with van der Waals surface area (Å²) >= 11 is 0. The summed E-state index contributed by atoms with van der Waals surface area (Å²) in [6.45, 7) is 5.31. The van der Waals surface area contributed by atoms with Crippen molar-refractivity contribution in [3.63, 3.8) is 0 Å². The SMILES string of the molecule is CCC(C)NCCN(C)CCNC(=O)OCC(O)COC(=O)CCC(=O)OCC(O)CO. The first kappa shape index (κ1) is 30.0. The highest BCUT2D eigenvalue weighted by molar-refractivity contribution is 5.77. The zero-order valence-corrected chi connectivity index (χ0v) is 19.2. The number of nitrogens with zero attached hydrogens (tertiary/aromatic N) is 1. The summed E-state index contributed by atoms with van der Waals surface area (Å²) in [5.74, 6) is -1.47. The molecule has 0 aliphatic heterocycles. The van der Waals surface area contributed by atoms with Crippen LogP contribution in [0.5, 0.6) is 0 Å². The van der Waals surface area contributed by atoms with E-state index >= 15 is 0 Å². The Morgan fingerprint density at radius 3 is 2.00 bits per heavy atom. The van der Waals surface area contributed by atoms with Crippen molar-refractivity contribution in [2.24, 2.45) is 0 Å². The number of likely N-dealkylation sites (N-methyl/N-ethyl adjacent to an activating group) is 1. The third-order valence-electron chi connectivity index (χ3n) is 4.39. The highest BCUT2D eigenvalue weighted by Gasteiger charge is 2.14. The molecular formula is C20H39N3O9. The van der Waals surface area contributed by atoms with Crippen molar-refractivity contribution < 1.29 is 43.9 Å². The van der Waals surface area contributed by atoms with E-state index in [4.69, 9.17) is 19.7 Å². The highest BCUT2D eigenvalue weighted by Crippen LogP contribution is 1.99. The molecule has 0 aliphatic carbocycles. The zero-order valence-electron chi connectivity index (χ0n) is 19.2. The Balaban J connectivity index is 3.77. The molecule has 0 bridgehead atoms. The van der Waals surface area contributed by atoms with Crippen LogP contribution in [0.15, 0.2) is 0 Å². The van der Waals surface area contributed by atoms with E-state index in [1.54, 1.807) is 0 Å². The van der Waals surface area contributed by atoms with E-state index in [-0.39, 0.29) is 26.1 Å². The molecule has 0 aromatic heterocycles. The predicted molar refractivity (Wildman–Crippen MR) is 115 cm³/mol. The number of alkyl carbamates (subject to hydrolysis) is 1. The molecular weight excluding hydrogens is 426 g/mol. The van der Waals surface area contributed by atoms with Gasteiger partial charge in [0.05, 0.1) is 19.4 Å². The van der Waals surface area contributed by atoms with Gasteiger partial charge in [-0.2, -0.15) is 0 Å². The van der Waals surface area contributed by atoms with Gasteiger partial charge in [-0.05, 0) is 20.4 Å². The number of rotatable bonds is 18. The molecule has 0 aromatic carbocycles. The molecule has 3 unspecified atom stereocenters. The molecule has 0 saturated carbocycles. The maximum atomic E-state index is 11.7. The third kappa shape index (κ3) is 17.7. The Kier molecular flexibility index (Phi) is 17.4. The molecule has 0 rings (SSSR count). The van der Waals surface area contributed by atoms with Gasteiger partial charge in [-0.1, -0.05) is 6.92 Å². The summed E-state index contributed by atoms with van der Waals surface area (Å²) in [6, 6.07) is 0.469. The lowest BCUT2D eigenvalue weighted by Crippen LogP contribution is -2.38. The fraction of sp³-hybridized carbons (Fsp3) is 0.850. The largest absolute Gasteiger partial charge is 0.463 e. The number of amides is 1. The van der Waals surface area contributed by atoms with E-state index < -0.39 is 43.5 Å². The number of hydrogen-bond donors (Lipinski definition) is 5. The summed E-state index contributed by atoms with van der Waals surface area (Å²) in [5, 5.41) is 33.3. The smallest absolute Gasteiger partial charge is 0.407 e. The number of aliphatic hydroxyl groups is 3. The van der Waals surface area contributed by atoms with Crippen molar-refractivity contribution >= 4 is 18.0 Å². The van der Waals surface area contributed by atoms with E-state index in [1.807, 2.05) is 7.05 Å². The van der Waals surface area contributed by atoms with Gasteiger partial charge in [-0.15, -0.1) is 0 Å². The van der Waals surface area contributed by atoms with Crippen LogP contribution < -0.4 is 10.6 Å². The van der Waals surface area contributed by atoms with Crippen LogP contribution in [0.3, 0.4) is 0 Å². The molecule has 12 nitrogen and oxygen atoms in total. The molecule has 0 fully saturated rings. The summed E-state index contributed by atoms with van der Waals surface area (Å²) in [6.07, 6.45) is -2.54. The van der Waals surface area contributed by atoms with E-state index in [0.29, 0.717) is 19.1 Å². The van der Waals surface area contributed by atoms with Crippen LogP contribution >= 0.6 is 0 Å². The van der Waals surface area contributed by atoms with E-state index in [2.05, 4.69) is 34.1 Å². The van der Waals surface area contributed by atoms with Crippen LogP contribution in [0.4, 0.5) is 4.79 Å². The number of carbonyl (C=O) groups is 3. The Hall–Kier alpha value is -1.99. The van der Waals surface area contributed by atoms with Crippen LogP contribution in [-0.2, 0) is 23.8 Å². The second-order valence-corrected chi connectivity index (χ2v) is 7.45. The second kappa shape index (κ2) is 18.6. The summed E-state index contributed by atoms with van der Waals surface area (Å²) in [5.41, 5.74) is 0. The van der Waals surface area contributed by atoms with Crippen molar-refractivity contribution in [1.29, 1.82) is 0 Å². The van der Waals surface area contributed by atoms with Crippen LogP contribution in [0, 0.1) is 0 Å². The lowest BCUT2D eigenvalue weighted by Gasteiger charge is -2.19. The molecule has 0 aliphatic rings. The van der Waals surface area contributed by atoms with Crippen molar-refractivity contribution in [2.75, 3.05) is 59.7 Å². The number of ether oxygens (including phenoxy) is 3. The fourth-order valence-electron chi connectivity index (χ4n) is 2.16. The number of esters is 2. The fourth-order valence-corrected chi connectivity index (χ4v) is 2.16. The molecule has 3 atom stereocenters. The van der Waals surface area contributed by atoms with Gasteiger partial charge in [0.2, 0.25) is 0 Å². The van der Waals surface area contributed by atoms with Gasteiger partial charge in [0.15, 0.2) is 0 Å². The van der Waals surface area contributed by atoms with Crippen molar-refractivity contribution in [1.82, 2.24) is 15.5 Å². The third-order valence-corrected chi connectivity index (χ3v) is 4.39. The van der Waals surface area contributed by atoms with Crippen LogP contribution in [0.2, 0.25) is 0 Å². The van der Waals surface area contributed by atoms with E-state index in [1.165, 1.54) is 0 Å². The normalized spacial score (nSPS) is 13.8. The Morgan fingerprint density at radius 1 is 0.906 bits per heavy atom. The Labute approximate surface area is 189 Å². The van der Waals surface area contributed by atoms with Crippen molar-refractivity contribution in [3.05, 3.63) is 0 Å². The molecule has 5 N–H and O–H groups in total. The maximum absolute atomic E-state index is 11.7. The average Bonchev–Trinajstić information content (AvgIpc) is 2.77. The maximum Gasteiger partial charge on any atom is 0.407 e. The number of aliphatic hydroxyl groups excluding tert-OH is 3. The first-order valence-electron chi connectivity index (χ1n) is 10.8. The van der Waals surface area contributed by atoms with Crippen molar-refractivity contribution in [2.45, 2.75) is 51.4 Å². The summed E-state index contributed by atoms with van der Waals surface area (Å²) < 4.78 is 14.3. The Bertz CT molecular complexity index is 536. The van der Waals surface area contributed by atoms with Gasteiger partial charge in [0, 0.05) is 32.2 Å². The van der Waals surface area contributed by atoms with Gasteiger partial charge in [0.1, 0.15) is 32.0 Å². The first-order valence-corrected chi connectivity index (χ1v) is 10.8. The zero-order chi connectivity index (χ0) is 24.4. The monoisotopic (exact) mass is 465 g/mol. The van der Waals surface area contributed by atoms with Crippen LogP contribution in [0.25, 0.3) is 0 Å². The average molecular weight is 466 g/mol. The lowest BCUT2D eigenvalue weighted by atomic mass is 10.2. The molecule has 188 valence electrons. The molecule has 32 heavy (non-hydrogen) atoms. The molecule has 0 spiro atoms. The second-order valence-electron chi connectivity index (χ2n) is 7.45. The van der Waals surface area contributed by atoms with Gasteiger partial charge < -0.3 is 45.1 Å². The Morgan fingerprint density at radius 2 is 1.44 bits per heavy atom. The molecule has 0 saturated heterocycles. The molecule has 1 amide bonds. The highest BCUT2D eigenvalue weighted by atomic mass is 16.6. The van der Waals surface area contributed by atoms with Crippen LogP contribution in [0.1, 0.15) is 33.1 Å². The topological polar surface area (TPSA) is 167 Å². The minimum atomic E-state index is -1.20. The van der Waals surface area contributed by atoms with Crippen LogP contribution in [-0.4, -0.2) is 116 Å². The minimum absolute atomic E-state index is 0.270. The molecule has 12 heteroatoms. The molecule has 0 radical (unpaired) electrons. The van der Waals surface area contributed by atoms with E-state index in [9.17, 15) is 19.5 Å². The molecule has 0 aromatic rings. The number of hydrogen-bond acceptors (Lipinski definition) is 11. The standard InChI is InChI=1S/C20H39N3O9/c1-4-15(2)21-7-9-23(3)10-8-22-20(29)32-14-17(26)13-31-19(28)6-5-18(27)30-12-16(25)11-24/h15-17,21,24-26H,4-14H2,1-3H3,(H,22,29). The van der Waals surface area contributed by atoms with Crippen molar-refractivity contribution in [3.8, 4) is 0 Å².